The molecule has 2 atom stereocenters. The van der Waals surface area contributed by atoms with E-state index in [1.165, 1.54) is 16.9 Å². The van der Waals surface area contributed by atoms with Gasteiger partial charge in [-0.05, 0) is 35.4 Å². The molecule has 0 fully saturated rings. The van der Waals surface area contributed by atoms with Crippen LogP contribution in [0.25, 0.3) is 0 Å². The third kappa shape index (κ3) is 4.53. The second kappa shape index (κ2) is 7.06. The second-order valence-electron chi connectivity index (χ2n) is 5.17. The zero-order chi connectivity index (χ0) is 18.8. The van der Waals surface area contributed by atoms with Crippen LogP contribution in [0.15, 0.2) is 48.5 Å². The molecule has 0 aliphatic carbocycles. The molecule has 0 aliphatic heterocycles. The van der Waals surface area contributed by atoms with Gasteiger partial charge in [0.25, 0.3) is 0 Å². The van der Waals surface area contributed by atoms with E-state index in [9.17, 15) is 30.4 Å². The Bertz CT molecular complexity index is 820. The Morgan fingerprint density at radius 3 is 1.64 bits per heavy atom. The number of rotatable bonds is 5. The first-order chi connectivity index (χ1) is 11.5. The van der Waals surface area contributed by atoms with Gasteiger partial charge in [-0.15, -0.1) is 0 Å². The van der Waals surface area contributed by atoms with Gasteiger partial charge < -0.3 is 5.73 Å². The van der Waals surface area contributed by atoms with Crippen molar-refractivity contribution in [3.63, 3.8) is 0 Å². The molecule has 2 rings (SSSR count). The monoisotopic (exact) mass is 380 g/mol. The minimum absolute atomic E-state index is 0.0195. The number of nitrogens with one attached hydrogen (secondary N) is 1. The molecule has 25 heavy (non-hydrogen) atoms. The van der Waals surface area contributed by atoms with Crippen LogP contribution < -0.4 is 10.5 Å². The average Bonchev–Trinajstić information content (AvgIpc) is 2.52. The van der Waals surface area contributed by atoms with Crippen molar-refractivity contribution in [2.75, 3.05) is 0 Å². The molecular formula is C15H13F5N2O2S. The van der Waals surface area contributed by atoms with Gasteiger partial charge in [0.2, 0.25) is 0 Å². The molecule has 0 saturated heterocycles. The maximum atomic E-state index is 13.1. The van der Waals surface area contributed by atoms with Crippen LogP contribution in [-0.4, -0.2) is 13.9 Å². The first kappa shape index (κ1) is 19.3. The predicted octanol–water partition coefficient (Wildman–Crippen LogP) is 3.15. The maximum absolute atomic E-state index is 13.1. The summed E-state index contributed by atoms with van der Waals surface area (Å²) in [5.74, 6) is -1.25. The van der Waals surface area contributed by atoms with Gasteiger partial charge in [0, 0.05) is 0 Å². The summed E-state index contributed by atoms with van der Waals surface area (Å²) < 4.78 is 88.6. The third-order valence-electron chi connectivity index (χ3n) is 3.43. The van der Waals surface area contributed by atoms with Gasteiger partial charge >= 0.3 is 15.5 Å². The molecule has 0 aliphatic rings. The number of halogens is 5. The molecule has 0 spiro atoms. The SMILES string of the molecule is N[C@@H](c1ccc(F)cc1)[C@@H](NS(=O)(=O)C(F)(F)F)c1ccc(F)cc1. The van der Waals surface area contributed by atoms with Crippen LogP contribution in [0.4, 0.5) is 22.0 Å². The summed E-state index contributed by atoms with van der Waals surface area (Å²) in [5.41, 5.74) is 0.566. The van der Waals surface area contributed by atoms with Crippen molar-refractivity contribution in [2.45, 2.75) is 17.6 Å². The quantitative estimate of drug-likeness (QED) is 0.783. The van der Waals surface area contributed by atoms with E-state index in [0.29, 0.717) is 0 Å². The molecular weight excluding hydrogens is 367 g/mol. The standard InChI is InChI=1S/C15H13F5N2O2S/c16-11-5-1-9(2-6-11)13(21)14(10-3-7-12(17)8-4-10)22-25(23,24)15(18,19)20/h1-8,13-14,22H,21H2/t13-,14-/m0/s1. The Morgan fingerprint density at radius 1 is 0.840 bits per heavy atom. The van der Waals surface area contributed by atoms with Gasteiger partial charge in [0.15, 0.2) is 0 Å². The number of hydrogen-bond donors (Lipinski definition) is 2. The topological polar surface area (TPSA) is 72.2 Å². The smallest absolute Gasteiger partial charge is 0.322 e. The Hall–Kier alpha value is -2.04. The summed E-state index contributed by atoms with van der Waals surface area (Å²) in [6, 6.07) is 5.84. The van der Waals surface area contributed by atoms with Gasteiger partial charge in [-0.1, -0.05) is 24.3 Å². The van der Waals surface area contributed by atoms with Crippen LogP contribution in [0.3, 0.4) is 0 Å². The molecule has 0 aromatic heterocycles. The Kier molecular flexibility index (Phi) is 5.45. The molecule has 0 heterocycles. The Balaban J connectivity index is 2.45. The van der Waals surface area contributed by atoms with Crippen molar-refractivity contribution in [3.05, 3.63) is 71.3 Å². The normalized spacial score (nSPS) is 15.0. The highest BCUT2D eigenvalue weighted by Gasteiger charge is 2.47. The first-order valence-corrected chi connectivity index (χ1v) is 8.35. The molecule has 0 radical (unpaired) electrons. The molecule has 4 nitrogen and oxygen atoms in total. The van der Waals surface area contributed by atoms with Crippen LogP contribution in [0.5, 0.6) is 0 Å². The van der Waals surface area contributed by atoms with E-state index in [1.54, 1.807) is 0 Å². The zero-order valence-corrected chi connectivity index (χ0v) is 13.3. The van der Waals surface area contributed by atoms with Gasteiger partial charge in [-0.3, -0.25) is 0 Å². The fraction of sp³-hybridized carbons (Fsp3) is 0.200. The highest BCUT2D eigenvalue weighted by molar-refractivity contribution is 7.90. The molecule has 136 valence electrons. The lowest BCUT2D eigenvalue weighted by Gasteiger charge is -2.26. The lowest BCUT2D eigenvalue weighted by atomic mass is 9.95. The lowest BCUT2D eigenvalue weighted by Crippen LogP contribution is -2.42. The van der Waals surface area contributed by atoms with Crippen LogP contribution >= 0.6 is 0 Å². The van der Waals surface area contributed by atoms with E-state index in [4.69, 9.17) is 5.73 Å². The average molecular weight is 380 g/mol. The molecule has 0 amide bonds. The van der Waals surface area contributed by atoms with Crippen LogP contribution in [-0.2, 0) is 10.0 Å². The van der Waals surface area contributed by atoms with Crippen molar-refractivity contribution in [1.29, 1.82) is 0 Å². The third-order valence-corrected chi connectivity index (χ3v) is 4.60. The summed E-state index contributed by atoms with van der Waals surface area (Å²) in [7, 11) is -5.71. The van der Waals surface area contributed by atoms with E-state index < -0.39 is 39.2 Å². The number of alkyl halides is 3. The Morgan fingerprint density at radius 2 is 1.24 bits per heavy atom. The van der Waals surface area contributed by atoms with Crippen molar-refractivity contribution in [3.8, 4) is 0 Å². The van der Waals surface area contributed by atoms with Crippen LogP contribution in [0, 0.1) is 11.6 Å². The molecule has 3 N–H and O–H groups in total. The van der Waals surface area contributed by atoms with E-state index >= 15 is 0 Å². The molecule has 0 bridgehead atoms. The fourth-order valence-corrected chi connectivity index (χ4v) is 2.88. The molecule has 2 aromatic carbocycles. The minimum atomic E-state index is -5.71. The van der Waals surface area contributed by atoms with Gasteiger partial charge in [-0.2, -0.15) is 17.9 Å². The van der Waals surface area contributed by atoms with E-state index in [-0.39, 0.29) is 11.1 Å². The highest BCUT2D eigenvalue weighted by atomic mass is 32.2. The molecule has 0 unspecified atom stereocenters. The number of nitrogens with two attached hydrogens (primary N) is 1. The predicted molar refractivity (Wildman–Crippen MR) is 80.6 cm³/mol. The Labute approximate surface area is 140 Å². The minimum Gasteiger partial charge on any atom is -0.322 e. The largest absolute Gasteiger partial charge is 0.511 e. The summed E-state index contributed by atoms with van der Waals surface area (Å²) in [4.78, 5) is 0. The van der Waals surface area contributed by atoms with Crippen molar-refractivity contribution < 1.29 is 30.4 Å². The number of sulfonamides is 1. The van der Waals surface area contributed by atoms with Crippen LogP contribution in [0.2, 0.25) is 0 Å². The fourth-order valence-electron chi connectivity index (χ4n) is 2.13. The highest BCUT2D eigenvalue weighted by Crippen LogP contribution is 2.31. The van der Waals surface area contributed by atoms with E-state index in [2.05, 4.69) is 0 Å². The summed E-state index contributed by atoms with van der Waals surface area (Å²) in [5, 5.41) is 0. The van der Waals surface area contributed by atoms with Gasteiger partial charge in [0.1, 0.15) is 11.6 Å². The lowest BCUT2D eigenvalue weighted by molar-refractivity contribution is -0.0451. The molecule has 0 saturated carbocycles. The zero-order valence-electron chi connectivity index (χ0n) is 12.5. The second-order valence-corrected chi connectivity index (χ2v) is 6.88. The van der Waals surface area contributed by atoms with E-state index in [1.807, 2.05) is 0 Å². The van der Waals surface area contributed by atoms with Crippen molar-refractivity contribution >= 4 is 10.0 Å². The first-order valence-electron chi connectivity index (χ1n) is 6.86. The molecule has 10 heteroatoms. The van der Waals surface area contributed by atoms with Gasteiger partial charge in [-0.25, -0.2) is 17.2 Å². The summed E-state index contributed by atoms with van der Waals surface area (Å²) in [6.07, 6.45) is 0. The molecule has 2 aromatic rings. The number of benzene rings is 2. The van der Waals surface area contributed by atoms with Crippen molar-refractivity contribution in [1.82, 2.24) is 4.72 Å². The number of hydrogen-bond acceptors (Lipinski definition) is 3. The van der Waals surface area contributed by atoms with Gasteiger partial charge in [0.05, 0.1) is 12.1 Å². The van der Waals surface area contributed by atoms with Crippen LogP contribution in [0.1, 0.15) is 23.2 Å². The van der Waals surface area contributed by atoms with E-state index in [0.717, 1.165) is 36.4 Å². The summed E-state index contributed by atoms with van der Waals surface area (Å²) >= 11 is 0. The maximum Gasteiger partial charge on any atom is 0.511 e. The van der Waals surface area contributed by atoms with Crippen molar-refractivity contribution in [2.24, 2.45) is 5.73 Å². The summed E-state index contributed by atoms with van der Waals surface area (Å²) in [6.45, 7) is 0.